The van der Waals surface area contributed by atoms with Gasteiger partial charge in [-0.2, -0.15) is 13.2 Å². The minimum atomic E-state index is -4.53. The minimum Gasteiger partial charge on any atom is -0.341 e. The summed E-state index contributed by atoms with van der Waals surface area (Å²) in [5.41, 5.74) is 1.90. The lowest BCUT2D eigenvalue weighted by Gasteiger charge is -2.17. The molecule has 4 nitrogen and oxygen atoms in total. The fourth-order valence-corrected chi connectivity index (χ4v) is 2.61. The van der Waals surface area contributed by atoms with Gasteiger partial charge in [-0.3, -0.25) is 9.59 Å². The van der Waals surface area contributed by atoms with E-state index >= 15 is 0 Å². The Bertz CT molecular complexity index is 832. The largest absolute Gasteiger partial charge is 0.416 e. The van der Waals surface area contributed by atoms with Crippen molar-refractivity contribution < 1.29 is 22.8 Å². The van der Waals surface area contributed by atoms with Gasteiger partial charge in [-0.1, -0.05) is 29.8 Å². The SMILES string of the molecule is Cc1ccc(C(C)NC(=O)C(=O)Nc2cccc(C(F)(F)F)c2)c(C)c1. The fraction of sp³-hybridized carbons (Fsp3) is 0.263. The normalized spacial score (nSPS) is 12.4. The summed E-state index contributed by atoms with van der Waals surface area (Å²) in [5, 5.41) is 4.73. The van der Waals surface area contributed by atoms with Gasteiger partial charge < -0.3 is 10.6 Å². The van der Waals surface area contributed by atoms with Crippen LogP contribution in [0.5, 0.6) is 0 Å². The van der Waals surface area contributed by atoms with Crippen molar-refractivity contribution in [3.8, 4) is 0 Å². The van der Waals surface area contributed by atoms with Crippen molar-refractivity contribution >= 4 is 17.5 Å². The average Bonchev–Trinajstić information content (AvgIpc) is 2.54. The molecule has 0 saturated carbocycles. The Morgan fingerprint density at radius 3 is 2.31 bits per heavy atom. The molecule has 0 spiro atoms. The maximum Gasteiger partial charge on any atom is 0.416 e. The number of alkyl halides is 3. The lowest BCUT2D eigenvalue weighted by molar-refractivity contribution is -0.137. The number of rotatable bonds is 3. The molecule has 0 bridgehead atoms. The van der Waals surface area contributed by atoms with Crippen LogP contribution in [0.2, 0.25) is 0 Å². The van der Waals surface area contributed by atoms with Gasteiger partial charge in [0.25, 0.3) is 0 Å². The first-order valence-corrected chi connectivity index (χ1v) is 7.94. The van der Waals surface area contributed by atoms with Gasteiger partial charge in [-0.05, 0) is 50.1 Å². The van der Waals surface area contributed by atoms with E-state index in [9.17, 15) is 22.8 Å². The predicted octanol–water partition coefficient (Wildman–Crippen LogP) is 4.14. The van der Waals surface area contributed by atoms with Crippen LogP contribution >= 0.6 is 0 Å². The van der Waals surface area contributed by atoms with Gasteiger partial charge in [-0.25, -0.2) is 0 Å². The Balaban J connectivity index is 2.05. The summed E-state index contributed by atoms with van der Waals surface area (Å²) in [6.07, 6.45) is -4.53. The Morgan fingerprint density at radius 2 is 1.69 bits per heavy atom. The molecule has 0 saturated heterocycles. The van der Waals surface area contributed by atoms with Crippen LogP contribution in [0, 0.1) is 13.8 Å². The van der Waals surface area contributed by atoms with Crippen LogP contribution in [0.25, 0.3) is 0 Å². The zero-order chi connectivity index (χ0) is 19.5. The van der Waals surface area contributed by atoms with Crippen molar-refractivity contribution in [2.45, 2.75) is 33.0 Å². The number of benzene rings is 2. The minimum absolute atomic E-state index is 0.0980. The van der Waals surface area contributed by atoms with Crippen LogP contribution in [-0.2, 0) is 15.8 Å². The summed E-state index contributed by atoms with van der Waals surface area (Å²) in [6, 6.07) is 9.41. The summed E-state index contributed by atoms with van der Waals surface area (Å²) >= 11 is 0. The second-order valence-electron chi connectivity index (χ2n) is 6.09. The molecule has 0 heterocycles. The third kappa shape index (κ3) is 4.84. The number of halogens is 3. The molecular weight excluding hydrogens is 345 g/mol. The third-order valence-electron chi connectivity index (χ3n) is 3.89. The van der Waals surface area contributed by atoms with E-state index in [1.165, 1.54) is 6.07 Å². The molecule has 0 aliphatic carbocycles. The molecule has 2 aromatic rings. The number of hydrogen-bond acceptors (Lipinski definition) is 2. The molecule has 1 unspecified atom stereocenters. The molecule has 1 atom stereocenters. The van der Waals surface area contributed by atoms with Gasteiger partial charge in [0.1, 0.15) is 0 Å². The van der Waals surface area contributed by atoms with Gasteiger partial charge in [0, 0.05) is 5.69 Å². The molecule has 0 radical (unpaired) electrons. The van der Waals surface area contributed by atoms with Crippen molar-refractivity contribution in [3.05, 3.63) is 64.7 Å². The molecule has 0 aliphatic heterocycles. The molecule has 2 amide bonds. The van der Waals surface area contributed by atoms with Gasteiger partial charge in [0.15, 0.2) is 0 Å². The Kier molecular flexibility index (Phi) is 5.69. The van der Waals surface area contributed by atoms with Crippen molar-refractivity contribution in [2.75, 3.05) is 5.32 Å². The second kappa shape index (κ2) is 7.59. The molecule has 26 heavy (non-hydrogen) atoms. The lowest BCUT2D eigenvalue weighted by atomic mass is 10.0. The van der Waals surface area contributed by atoms with E-state index in [4.69, 9.17) is 0 Å². The number of amides is 2. The van der Waals surface area contributed by atoms with Crippen LogP contribution in [0.1, 0.15) is 35.2 Å². The molecule has 2 rings (SSSR count). The van der Waals surface area contributed by atoms with E-state index in [0.717, 1.165) is 34.9 Å². The van der Waals surface area contributed by atoms with Crippen LogP contribution in [0.4, 0.5) is 18.9 Å². The van der Waals surface area contributed by atoms with Crippen molar-refractivity contribution in [3.63, 3.8) is 0 Å². The van der Waals surface area contributed by atoms with E-state index in [1.807, 2.05) is 32.0 Å². The third-order valence-corrected chi connectivity index (χ3v) is 3.89. The van der Waals surface area contributed by atoms with Gasteiger partial charge in [0.2, 0.25) is 0 Å². The van der Waals surface area contributed by atoms with Gasteiger partial charge >= 0.3 is 18.0 Å². The topological polar surface area (TPSA) is 58.2 Å². The fourth-order valence-electron chi connectivity index (χ4n) is 2.61. The first kappa shape index (κ1) is 19.5. The number of anilines is 1. The highest BCUT2D eigenvalue weighted by molar-refractivity contribution is 6.39. The first-order chi connectivity index (χ1) is 12.1. The number of nitrogens with one attached hydrogen (secondary N) is 2. The Labute approximate surface area is 149 Å². The van der Waals surface area contributed by atoms with Crippen molar-refractivity contribution in [1.82, 2.24) is 5.32 Å². The molecule has 2 N–H and O–H groups in total. The average molecular weight is 364 g/mol. The molecular formula is C19H19F3N2O2. The summed E-state index contributed by atoms with van der Waals surface area (Å²) in [6.45, 7) is 5.57. The maximum atomic E-state index is 12.7. The smallest absolute Gasteiger partial charge is 0.341 e. The number of carbonyl (C=O) groups excluding carboxylic acids is 2. The highest BCUT2D eigenvalue weighted by atomic mass is 19.4. The first-order valence-electron chi connectivity index (χ1n) is 7.94. The van der Waals surface area contributed by atoms with Crippen molar-refractivity contribution in [1.29, 1.82) is 0 Å². The number of carbonyl (C=O) groups is 2. The molecule has 138 valence electrons. The summed E-state index contributed by atoms with van der Waals surface area (Å²) in [4.78, 5) is 24.0. The summed E-state index contributed by atoms with van der Waals surface area (Å²) in [5.74, 6) is -1.95. The monoisotopic (exact) mass is 364 g/mol. The van der Waals surface area contributed by atoms with Crippen LogP contribution < -0.4 is 10.6 Å². The highest BCUT2D eigenvalue weighted by Gasteiger charge is 2.30. The predicted molar refractivity (Wildman–Crippen MR) is 92.5 cm³/mol. The maximum absolute atomic E-state index is 12.7. The van der Waals surface area contributed by atoms with E-state index in [2.05, 4.69) is 10.6 Å². The van der Waals surface area contributed by atoms with Crippen LogP contribution in [-0.4, -0.2) is 11.8 Å². The molecule has 0 aliphatic rings. The molecule has 2 aromatic carbocycles. The van der Waals surface area contributed by atoms with Crippen molar-refractivity contribution in [2.24, 2.45) is 0 Å². The van der Waals surface area contributed by atoms with Crippen LogP contribution in [0.15, 0.2) is 42.5 Å². The van der Waals surface area contributed by atoms with Crippen LogP contribution in [0.3, 0.4) is 0 Å². The number of hydrogen-bond donors (Lipinski definition) is 2. The van der Waals surface area contributed by atoms with E-state index in [-0.39, 0.29) is 5.69 Å². The Hall–Kier alpha value is -2.83. The zero-order valence-corrected chi connectivity index (χ0v) is 14.6. The lowest BCUT2D eigenvalue weighted by Crippen LogP contribution is -2.37. The summed E-state index contributed by atoms with van der Waals surface area (Å²) < 4.78 is 38.1. The molecule has 0 fully saturated rings. The van der Waals surface area contributed by atoms with E-state index in [0.29, 0.717) is 0 Å². The van der Waals surface area contributed by atoms with E-state index in [1.54, 1.807) is 6.92 Å². The Morgan fingerprint density at radius 1 is 1.00 bits per heavy atom. The number of aryl methyl sites for hydroxylation is 2. The zero-order valence-electron chi connectivity index (χ0n) is 14.6. The van der Waals surface area contributed by atoms with Gasteiger partial charge in [-0.15, -0.1) is 0 Å². The molecule has 0 aromatic heterocycles. The molecule has 7 heteroatoms. The van der Waals surface area contributed by atoms with E-state index < -0.39 is 29.6 Å². The summed E-state index contributed by atoms with van der Waals surface area (Å²) in [7, 11) is 0. The highest BCUT2D eigenvalue weighted by Crippen LogP contribution is 2.30. The second-order valence-corrected chi connectivity index (χ2v) is 6.09. The standard InChI is InChI=1S/C19H19F3N2O2/c1-11-7-8-16(12(2)9-11)13(3)23-17(25)18(26)24-15-6-4-5-14(10-15)19(20,21)22/h4-10,13H,1-3H3,(H,23,25)(H,24,26). The van der Waals surface area contributed by atoms with Gasteiger partial charge in [0.05, 0.1) is 11.6 Å². The quantitative estimate of drug-likeness (QED) is 0.805.